The van der Waals surface area contributed by atoms with Gasteiger partial charge in [0.05, 0.1) is 30.6 Å². The van der Waals surface area contributed by atoms with E-state index in [1.54, 1.807) is 10.9 Å². The molecular weight excluding hydrogens is 382 g/mol. The van der Waals surface area contributed by atoms with Gasteiger partial charge in [0, 0.05) is 50.6 Å². The Kier molecular flexibility index (Phi) is 5.00. The van der Waals surface area contributed by atoms with Crippen LogP contribution in [0.15, 0.2) is 30.5 Å². The zero-order valence-corrected chi connectivity index (χ0v) is 17.3. The molecule has 2 saturated heterocycles. The molecule has 4 heterocycles. The van der Waals surface area contributed by atoms with Crippen molar-refractivity contribution < 1.29 is 9.53 Å². The lowest BCUT2D eigenvalue weighted by molar-refractivity contribution is 0.00671. The van der Waals surface area contributed by atoms with Crippen molar-refractivity contribution in [3.63, 3.8) is 0 Å². The molecule has 2 aliphatic rings. The number of piperidine rings is 1. The average Bonchev–Trinajstić information content (AvgIpc) is 3.34. The fourth-order valence-corrected chi connectivity index (χ4v) is 4.90. The van der Waals surface area contributed by atoms with Gasteiger partial charge in [-0.1, -0.05) is 18.2 Å². The number of amides is 1. The molecule has 9 nitrogen and oxygen atoms in total. The standard InChI is InChI=1S/C21H27N7O2/c1-26-18-6-3-2-5-17(18)19(24-26)20(29)28-8-4-7-21(14-28)13-27(9-10-30-15-21)12-16-11-22-25-23-16/h2-3,5-6,11H,4,7-10,12-15H2,1H3,(H,22,23,25)/t21-/m1/s1. The molecule has 0 radical (unpaired) electrons. The molecule has 3 aromatic rings. The Bertz CT molecular complexity index is 1030. The second-order valence-corrected chi connectivity index (χ2v) is 8.54. The third-order valence-corrected chi connectivity index (χ3v) is 6.28. The van der Waals surface area contributed by atoms with Crippen LogP contribution in [0.25, 0.3) is 10.9 Å². The summed E-state index contributed by atoms with van der Waals surface area (Å²) in [6.45, 7) is 5.29. The van der Waals surface area contributed by atoms with Crippen molar-refractivity contribution in [1.82, 2.24) is 35.0 Å². The number of ether oxygens (including phenoxy) is 1. The summed E-state index contributed by atoms with van der Waals surface area (Å²) in [5.41, 5.74) is 2.37. The van der Waals surface area contributed by atoms with Crippen LogP contribution in [0.4, 0.5) is 0 Å². The van der Waals surface area contributed by atoms with E-state index in [4.69, 9.17) is 4.74 Å². The van der Waals surface area contributed by atoms with Gasteiger partial charge in [0.25, 0.3) is 5.91 Å². The molecule has 2 aliphatic heterocycles. The molecule has 2 fully saturated rings. The van der Waals surface area contributed by atoms with E-state index >= 15 is 0 Å². The molecule has 9 heteroatoms. The van der Waals surface area contributed by atoms with Crippen LogP contribution in [0.3, 0.4) is 0 Å². The maximum absolute atomic E-state index is 13.5. The van der Waals surface area contributed by atoms with Gasteiger partial charge in [0.1, 0.15) is 0 Å². The van der Waals surface area contributed by atoms with E-state index in [2.05, 4.69) is 25.4 Å². The smallest absolute Gasteiger partial charge is 0.275 e. The van der Waals surface area contributed by atoms with Gasteiger partial charge in [0.15, 0.2) is 5.69 Å². The summed E-state index contributed by atoms with van der Waals surface area (Å²) in [5, 5.41) is 16.3. The molecule has 2 aromatic heterocycles. The Morgan fingerprint density at radius 2 is 2.17 bits per heavy atom. The van der Waals surface area contributed by atoms with Gasteiger partial charge in [-0.25, -0.2) is 0 Å². The zero-order chi connectivity index (χ0) is 20.6. The number of nitrogens with zero attached hydrogens (tertiary/aromatic N) is 6. The maximum atomic E-state index is 13.5. The van der Waals surface area contributed by atoms with Crippen LogP contribution >= 0.6 is 0 Å². The number of aromatic nitrogens is 5. The van der Waals surface area contributed by atoms with Crippen LogP contribution in [0.5, 0.6) is 0 Å². The Hall–Kier alpha value is -2.78. The number of aromatic amines is 1. The second-order valence-electron chi connectivity index (χ2n) is 8.54. The Morgan fingerprint density at radius 3 is 3.03 bits per heavy atom. The number of para-hydroxylation sites is 1. The minimum Gasteiger partial charge on any atom is -0.379 e. The summed E-state index contributed by atoms with van der Waals surface area (Å²) in [6, 6.07) is 7.90. The van der Waals surface area contributed by atoms with Gasteiger partial charge in [0.2, 0.25) is 0 Å². The lowest BCUT2D eigenvalue weighted by Crippen LogP contribution is -2.52. The summed E-state index contributed by atoms with van der Waals surface area (Å²) in [7, 11) is 1.89. The number of fused-ring (bicyclic) bond motifs is 1. The molecule has 158 valence electrons. The number of hydrogen-bond acceptors (Lipinski definition) is 6. The highest BCUT2D eigenvalue weighted by Gasteiger charge is 2.41. The fraction of sp³-hybridized carbons (Fsp3) is 0.524. The highest BCUT2D eigenvalue weighted by molar-refractivity contribution is 6.04. The first-order valence-electron chi connectivity index (χ1n) is 10.5. The predicted molar refractivity (Wildman–Crippen MR) is 111 cm³/mol. The van der Waals surface area contributed by atoms with Crippen LogP contribution in [0.2, 0.25) is 0 Å². The number of likely N-dealkylation sites (tertiary alicyclic amines) is 1. The summed E-state index contributed by atoms with van der Waals surface area (Å²) in [6.07, 6.45) is 3.79. The van der Waals surface area contributed by atoms with E-state index in [-0.39, 0.29) is 11.3 Å². The summed E-state index contributed by atoms with van der Waals surface area (Å²) < 4.78 is 7.79. The molecular formula is C21H27N7O2. The normalized spacial score (nSPS) is 23.2. The van der Waals surface area contributed by atoms with Gasteiger partial charge in [-0.05, 0) is 18.9 Å². The molecule has 0 unspecified atom stereocenters. The van der Waals surface area contributed by atoms with Crippen LogP contribution in [0, 0.1) is 5.41 Å². The largest absolute Gasteiger partial charge is 0.379 e. The van der Waals surface area contributed by atoms with Crippen molar-refractivity contribution in [3.05, 3.63) is 41.9 Å². The van der Waals surface area contributed by atoms with Crippen molar-refractivity contribution in [2.24, 2.45) is 12.5 Å². The molecule has 1 spiro atoms. The first kappa shape index (κ1) is 19.2. The minimum atomic E-state index is -0.0707. The summed E-state index contributed by atoms with van der Waals surface area (Å²) in [4.78, 5) is 17.8. The van der Waals surface area contributed by atoms with Crippen molar-refractivity contribution >= 4 is 16.8 Å². The lowest BCUT2D eigenvalue weighted by atomic mass is 9.80. The topological polar surface area (TPSA) is 92.2 Å². The van der Waals surface area contributed by atoms with E-state index in [1.807, 2.05) is 36.2 Å². The summed E-state index contributed by atoms with van der Waals surface area (Å²) >= 11 is 0. The van der Waals surface area contributed by atoms with Crippen molar-refractivity contribution in [2.75, 3.05) is 39.4 Å². The molecule has 0 bridgehead atoms. The van der Waals surface area contributed by atoms with Crippen LogP contribution < -0.4 is 0 Å². The van der Waals surface area contributed by atoms with Gasteiger partial charge in [-0.2, -0.15) is 20.5 Å². The predicted octanol–water partition coefficient (Wildman–Crippen LogP) is 1.45. The SMILES string of the molecule is Cn1nc(C(=O)N2CCC[C@]3(COCCN(Cc4cn[nH]n4)C3)C2)c2ccccc21. The number of hydrogen-bond donors (Lipinski definition) is 1. The van der Waals surface area contributed by atoms with Crippen LogP contribution in [0.1, 0.15) is 29.0 Å². The fourth-order valence-electron chi connectivity index (χ4n) is 4.90. The van der Waals surface area contributed by atoms with Gasteiger partial charge >= 0.3 is 0 Å². The second kappa shape index (κ2) is 7.81. The first-order chi connectivity index (χ1) is 14.6. The van der Waals surface area contributed by atoms with Gasteiger partial charge in [-0.3, -0.25) is 14.4 Å². The maximum Gasteiger partial charge on any atom is 0.275 e. The quantitative estimate of drug-likeness (QED) is 0.704. The number of benzene rings is 1. The van der Waals surface area contributed by atoms with Gasteiger partial charge < -0.3 is 9.64 Å². The molecule has 1 atom stereocenters. The highest BCUT2D eigenvalue weighted by Crippen LogP contribution is 2.34. The van der Waals surface area contributed by atoms with E-state index in [9.17, 15) is 4.79 Å². The number of rotatable bonds is 3. The first-order valence-corrected chi connectivity index (χ1v) is 10.5. The van der Waals surface area contributed by atoms with E-state index in [0.29, 0.717) is 25.5 Å². The molecule has 0 saturated carbocycles. The molecule has 1 aromatic carbocycles. The van der Waals surface area contributed by atoms with Crippen molar-refractivity contribution in [2.45, 2.75) is 19.4 Å². The van der Waals surface area contributed by atoms with Gasteiger partial charge in [-0.15, -0.1) is 0 Å². The molecule has 30 heavy (non-hydrogen) atoms. The van der Waals surface area contributed by atoms with E-state index < -0.39 is 0 Å². The van der Waals surface area contributed by atoms with Crippen molar-refractivity contribution in [3.8, 4) is 0 Å². The minimum absolute atomic E-state index is 0.0122. The number of carbonyl (C=O) groups excluding carboxylic acids is 1. The monoisotopic (exact) mass is 409 g/mol. The number of carbonyl (C=O) groups is 1. The number of H-pyrrole nitrogens is 1. The van der Waals surface area contributed by atoms with Crippen LogP contribution in [-0.4, -0.2) is 80.3 Å². The average molecular weight is 409 g/mol. The van der Waals surface area contributed by atoms with E-state index in [1.165, 1.54) is 0 Å². The van der Waals surface area contributed by atoms with E-state index in [0.717, 1.165) is 55.6 Å². The third-order valence-electron chi connectivity index (χ3n) is 6.28. The Balaban J connectivity index is 1.37. The molecule has 1 N–H and O–H groups in total. The Morgan fingerprint density at radius 1 is 1.27 bits per heavy atom. The summed E-state index contributed by atoms with van der Waals surface area (Å²) in [5.74, 6) is 0.0122. The van der Waals surface area contributed by atoms with Crippen molar-refractivity contribution in [1.29, 1.82) is 0 Å². The zero-order valence-electron chi connectivity index (χ0n) is 17.3. The Labute approximate surface area is 175 Å². The number of nitrogens with one attached hydrogen (secondary N) is 1. The third kappa shape index (κ3) is 3.59. The lowest BCUT2D eigenvalue weighted by Gasteiger charge is -2.43. The molecule has 1 amide bonds. The number of aryl methyl sites for hydroxylation is 1. The van der Waals surface area contributed by atoms with Crippen LogP contribution in [-0.2, 0) is 18.3 Å². The molecule has 0 aliphatic carbocycles. The molecule has 5 rings (SSSR count). The highest BCUT2D eigenvalue weighted by atomic mass is 16.5.